The van der Waals surface area contributed by atoms with E-state index >= 15 is 0 Å². The normalized spacial score (nSPS) is 11.3. The van der Waals surface area contributed by atoms with Gasteiger partial charge >= 0.3 is 0 Å². The van der Waals surface area contributed by atoms with Crippen molar-refractivity contribution in [1.29, 1.82) is 0 Å². The Balaban J connectivity index is 1.83. The monoisotopic (exact) mass is 430 g/mol. The van der Waals surface area contributed by atoms with Crippen LogP contribution in [0, 0.1) is 0 Å². The van der Waals surface area contributed by atoms with Gasteiger partial charge < -0.3 is 10.1 Å². The fraction of sp³-hybridized carbons (Fsp3) is 0.0952. The second-order valence-electron chi connectivity index (χ2n) is 6.33. The number of amides is 1. The molecular weight excluding hydrogens is 412 g/mol. The Morgan fingerprint density at radius 2 is 1.62 bits per heavy atom. The van der Waals surface area contributed by atoms with E-state index in [0.717, 1.165) is 4.31 Å². The van der Waals surface area contributed by atoms with E-state index in [0.29, 0.717) is 17.2 Å². The lowest BCUT2D eigenvalue weighted by molar-refractivity contribution is 0.102. The number of nitrogens with zero attached hydrogens (tertiary/aromatic N) is 1. The molecule has 0 aliphatic carbocycles. The molecule has 1 amide bonds. The zero-order valence-corrected chi connectivity index (χ0v) is 17.4. The molecule has 0 atom stereocenters. The molecule has 0 aliphatic heterocycles. The van der Waals surface area contributed by atoms with Gasteiger partial charge in [0, 0.05) is 25.8 Å². The number of anilines is 1. The Morgan fingerprint density at radius 1 is 0.931 bits per heavy atom. The largest absolute Gasteiger partial charge is 0.457 e. The standard InChI is InChI=1S/C21H19ClN2O4S/c1-24(2)29(26,27)18-11-12-20(22)19(14-18)21(25)23-15-7-6-10-17(13-15)28-16-8-4-3-5-9-16/h3-14H,1-2H3,(H,23,25). The third kappa shape index (κ3) is 4.95. The maximum atomic E-state index is 12.7. The van der Waals surface area contributed by atoms with Crippen LogP contribution in [0.3, 0.4) is 0 Å². The van der Waals surface area contributed by atoms with Crippen LogP contribution in [0.2, 0.25) is 5.02 Å². The van der Waals surface area contributed by atoms with Crippen molar-refractivity contribution in [3.8, 4) is 11.5 Å². The number of hydrogen-bond acceptors (Lipinski definition) is 4. The number of nitrogens with one attached hydrogen (secondary N) is 1. The number of hydrogen-bond donors (Lipinski definition) is 1. The van der Waals surface area contributed by atoms with Crippen LogP contribution in [0.5, 0.6) is 11.5 Å². The molecule has 0 aromatic heterocycles. The zero-order valence-electron chi connectivity index (χ0n) is 15.8. The fourth-order valence-corrected chi connectivity index (χ4v) is 3.64. The van der Waals surface area contributed by atoms with Crippen molar-refractivity contribution in [1.82, 2.24) is 4.31 Å². The molecule has 0 saturated carbocycles. The smallest absolute Gasteiger partial charge is 0.257 e. The quantitative estimate of drug-likeness (QED) is 0.618. The molecule has 0 radical (unpaired) electrons. The topological polar surface area (TPSA) is 75.7 Å². The molecule has 29 heavy (non-hydrogen) atoms. The molecule has 150 valence electrons. The van der Waals surface area contributed by atoms with Gasteiger partial charge in [0.15, 0.2) is 0 Å². The first-order chi connectivity index (χ1) is 13.8. The van der Waals surface area contributed by atoms with E-state index in [1.54, 1.807) is 24.3 Å². The molecule has 3 aromatic carbocycles. The molecular formula is C21H19ClN2O4S. The molecule has 6 nitrogen and oxygen atoms in total. The molecule has 0 heterocycles. The van der Waals surface area contributed by atoms with E-state index in [1.807, 2.05) is 30.3 Å². The van der Waals surface area contributed by atoms with E-state index < -0.39 is 15.9 Å². The second-order valence-corrected chi connectivity index (χ2v) is 8.89. The van der Waals surface area contributed by atoms with Crippen LogP contribution in [-0.4, -0.2) is 32.7 Å². The van der Waals surface area contributed by atoms with Gasteiger partial charge in [0.2, 0.25) is 10.0 Å². The molecule has 0 saturated heterocycles. The first-order valence-corrected chi connectivity index (χ1v) is 10.5. The van der Waals surface area contributed by atoms with Crippen LogP contribution < -0.4 is 10.1 Å². The van der Waals surface area contributed by atoms with Gasteiger partial charge in [0.25, 0.3) is 5.91 Å². The highest BCUT2D eigenvalue weighted by Crippen LogP contribution is 2.26. The van der Waals surface area contributed by atoms with Gasteiger partial charge in [-0.15, -0.1) is 0 Å². The summed E-state index contributed by atoms with van der Waals surface area (Å²) in [6.45, 7) is 0. The van der Waals surface area contributed by atoms with Gasteiger partial charge in [0.05, 0.1) is 15.5 Å². The van der Waals surface area contributed by atoms with Gasteiger partial charge in [-0.25, -0.2) is 12.7 Å². The molecule has 8 heteroatoms. The Hall–Kier alpha value is -2.87. The second kappa shape index (κ2) is 8.65. The van der Waals surface area contributed by atoms with E-state index in [1.165, 1.54) is 32.3 Å². The van der Waals surface area contributed by atoms with Crippen molar-refractivity contribution in [2.24, 2.45) is 0 Å². The number of carbonyl (C=O) groups excluding carboxylic acids is 1. The predicted octanol–water partition coefficient (Wildman–Crippen LogP) is 4.63. The van der Waals surface area contributed by atoms with Crippen LogP contribution in [0.4, 0.5) is 5.69 Å². The summed E-state index contributed by atoms with van der Waals surface area (Å²) in [5.74, 6) is 0.687. The highest BCUT2D eigenvalue weighted by molar-refractivity contribution is 7.89. The lowest BCUT2D eigenvalue weighted by Crippen LogP contribution is -2.23. The summed E-state index contributed by atoms with van der Waals surface area (Å²) in [6.07, 6.45) is 0. The number of para-hydroxylation sites is 1. The Bertz CT molecular complexity index is 1130. The molecule has 1 N–H and O–H groups in total. The molecule has 0 unspecified atom stereocenters. The average Bonchev–Trinajstić information content (AvgIpc) is 2.69. The van der Waals surface area contributed by atoms with Gasteiger partial charge in [-0.05, 0) is 42.5 Å². The van der Waals surface area contributed by atoms with E-state index in [-0.39, 0.29) is 15.5 Å². The predicted molar refractivity (Wildman–Crippen MR) is 113 cm³/mol. The number of carbonyl (C=O) groups is 1. The molecule has 3 aromatic rings. The van der Waals surface area contributed by atoms with Crippen LogP contribution in [0.25, 0.3) is 0 Å². The number of ether oxygens (including phenoxy) is 1. The molecule has 0 bridgehead atoms. The summed E-state index contributed by atoms with van der Waals surface area (Å²) >= 11 is 6.13. The number of rotatable bonds is 6. The third-order valence-electron chi connectivity index (χ3n) is 4.03. The number of sulfonamides is 1. The first-order valence-electron chi connectivity index (χ1n) is 8.64. The van der Waals surface area contributed by atoms with Crippen LogP contribution >= 0.6 is 11.6 Å². The van der Waals surface area contributed by atoms with Crippen molar-refractivity contribution >= 4 is 33.2 Å². The fourth-order valence-electron chi connectivity index (χ4n) is 2.51. The van der Waals surface area contributed by atoms with E-state index in [2.05, 4.69) is 5.32 Å². The lowest BCUT2D eigenvalue weighted by atomic mass is 10.2. The minimum absolute atomic E-state index is 0.0155. The van der Waals surface area contributed by atoms with E-state index in [9.17, 15) is 13.2 Å². The Labute approximate surface area is 174 Å². The first kappa shape index (κ1) is 20.9. The van der Waals surface area contributed by atoms with Crippen molar-refractivity contribution < 1.29 is 17.9 Å². The summed E-state index contributed by atoms with van der Waals surface area (Å²) in [6, 6.07) is 20.1. The molecule has 0 aliphatic rings. The van der Waals surface area contributed by atoms with Crippen molar-refractivity contribution in [3.63, 3.8) is 0 Å². The highest BCUT2D eigenvalue weighted by atomic mass is 35.5. The van der Waals surface area contributed by atoms with Crippen molar-refractivity contribution in [3.05, 3.63) is 83.4 Å². The lowest BCUT2D eigenvalue weighted by Gasteiger charge is -2.13. The molecule has 0 fully saturated rings. The summed E-state index contributed by atoms with van der Waals surface area (Å²) in [7, 11) is -0.852. The van der Waals surface area contributed by atoms with Crippen molar-refractivity contribution in [2.45, 2.75) is 4.90 Å². The molecule has 3 rings (SSSR count). The van der Waals surface area contributed by atoms with Gasteiger partial charge in [-0.1, -0.05) is 35.9 Å². The van der Waals surface area contributed by atoms with E-state index in [4.69, 9.17) is 16.3 Å². The Kier molecular flexibility index (Phi) is 6.22. The van der Waals surface area contributed by atoms with Crippen molar-refractivity contribution in [2.75, 3.05) is 19.4 Å². The number of benzene rings is 3. The maximum Gasteiger partial charge on any atom is 0.257 e. The SMILES string of the molecule is CN(C)S(=O)(=O)c1ccc(Cl)c(C(=O)Nc2cccc(Oc3ccccc3)c2)c1. The van der Waals surface area contributed by atoms with Crippen LogP contribution in [-0.2, 0) is 10.0 Å². The third-order valence-corrected chi connectivity index (χ3v) is 6.17. The number of halogens is 1. The Morgan fingerprint density at radius 3 is 2.31 bits per heavy atom. The average molecular weight is 431 g/mol. The maximum absolute atomic E-state index is 12.7. The minimum atomic E-state index is -3.69. The van der Waals surface area contributed by atoms with Gasteiger partial charge in [-0.3, -0.25) is 4.79 Å². The molecule has 0 spiro atoms. The minimum Gasteiger partial charge on any atom is -0.457 e. The van der Waals surface area contributed by atoms with Gasteiger partial charge in [-0.2, -0.15) is 0 Å². The zero-order chi connectivity index (χ0) is 21.0. The van der Waals surface area contributed by atoms with Gasteiger partial charge in [0.1, 0.15) is 11.5 Å². The summed E-state index contributed by atoms with van der Waals surface area (Å²) in [5, 5.41) is 2.87. The summed E-state index contributed by atoms with van der Waals surface area (Å²) < 4.78 is 31.5. The van der Waals surface area contributed by atoms with Crippen LogP contribution in [0.1, 0.15) is 10.4 Å². The summed E-state index contributed by atoms with van der Waals surface area (Å²) in [5.41, 5.74) is 0.546. The highest BCUT2D eigenvalue weighted by Gasteiger charge is 2.21. The summed E-state index contributed by atoms with van der Waals surface area (Å²) in [4.78, 5) is 12.7. The van der Waals surface area contributed by atoms with Crippen LogP contribution in [0.15, 0.2) is 77.7 Å².